The van der Waals surface area contributed by atoms with Gasteiger partial charge >= 0.3 is 5.97 Å². The minimum Gasteiger partial charge on any atom is -0.481 e. The highest BCUT2D eigenvalue weighted by Gasteiger charge is 2.26. The largest absolute Gasteiger partial charge is 0.481 e. The first-order valence-corrected chi connectivity index (χ1v) is 4.62. The molecule has 0 aromatic heterocycles. The highest BCUT2D eigenvalue weighted by atomic mass is 16.4. The zero-order valence-corrected chi connectivity index (χ0v) is 8.37. The van der Waals surface area contributed by atoms with Gasteiger partial charge in [-0.1, -0.05) is 13.8 Å². The zero-order chi connectivity index (χ0) is 11.1. The van der Waals surface area contributed by atoms with Gasteiger partial charge in [0.15, 0.2) is 0 Å². The van der Waals surface area contributed by atoms with Crippen LogP contribution in [-0.2, 0) is 14.4 Å². The van der Waals surface area contributed by atoms with Gasteiger partial charge < -0.3 is 5.11 Å². The van der Waals surface area contributed by atoms with Crippen molar-refractivity contribution in [1.82, 2.24) is 5.32 Å². The summed E-state index contributed by atoms with van der Waals surface area (Å²) in [4.78, 5) is 31.7. The number of hydrogen-bond donors (Lipinski definition) is 2. The van der Waals surface area contributed by atoms with E-state index in [1.165, 1.54) is 0 Å². The minimum absolute atomic E-state index is 0.112. The first-order chi connectivity index (χ1) is 6.58. The molecule has 0 radical (unpaired) electrons. The van der Waals surface area contributed by atoms with Gasteiger partial charge in [0.2, 0.25) is 11.8 Å². The molecule has 80 valence electrons. The molecule has 0 unspecified atom stereocenters. The van der Waals surface area contributed by atoms with Gasteiger partial charge in [-0.15, -0.1) is 0 Å². The Morgan fingerprint density at radius 2 is 1.79 bits per heavy atom. The van der Waals surface area contributed by atoms with Crippen molar-refractivity contribution < 1.29 is 19.5 Å². The molecule has 1 aliphatic rings. The number of imide groups is 1. The van der Waals surface area contributed by atoms with Crippen LogP contribution in [0.5, 0.6) is 0 Å². The van der Waals surface area contributed by atoms with Crippen LogP contribution in [0.3, 0.4) is 0 Å². The number of aliphatic carboxylic acids is 1. The SMILES string of the molecule is CC.O=C(O)CC1CC(=O)NC(=O)C1. The van der Waals surface area contributed by atoms with Crippen LogP contribution < -0.4 is 5.32 Å². The molecule has 14 heavy (non-hydrogen) atoms. The Balaban J connectivity index is 0.000000791. The third-order valence-electron chi connectivity index (χ3n) is 1.69. The number of carbonyl (C=O) groups is 3. The van der Waals surface area contributed by atoms with Crippen LogP contribution in [0.15, 0.2) is 0 Å². The predicted octanol–water partition coefficient (Wildman–Crippen LogP) is 0.540. The van der Waals surface area contributed by atoms with Crippen molar-refractivity contribution in [3.63, 3.8) is 0 Å². The van der Waals surface area contributed by atoms with Crippen LogP contribution in [0.4, 0.5) is 0 Å². The average molecular weight is 201 g/mol. The van der Waals surface area contributed by atoms with E-state index in [2.05, 4.69) is 5.32 Å². The standard InChI is InChI=1S/C7H9NO4.C2H6/c9-5-1-4(3-7(11)12)2-6(10)8-5;1-2/h4H,1-3H2,(H,11,12)(H,8,9,10);1-2H3. The lowest BCUT2D eigenvalue weighted by Gasteiger charge is -2.18. The lowest BCUT2D eigenvalue weighted by molar-refractivity contribution is -0.140. The summed E-state index contributed by atoms with van der Waals surface area (Å²) in [6.45, 7) is 4.00. The normalized spacial score (nSPS) is 16.7. The fourth-order valence-electron chi connectivity index (χ4n) is 1.25. The van der Waals surface area contributed by atoms with Crippen LogP contribution in [0.2, 0.25) is 0 Å². The molecule has 0 saturated carbocycles. The molecule has 1 rings (SSSR count). The summed E-state index contributed by atoms with van der Waals surface area (Å²) in [5, 5.41) is 10.5. The quantitative estimate of drug-likeness (QED) is 0.639. The summed E-state index contributed by atoms with van der Waals surface area (Å²) in [6.07, 6.45) is 0.162. The lowest BCUT2D eigenvalue weighted by atomic mass is 9.94. The van der Waals surface area contributed by atoms with E-state index in [1.54, 1.807) is 0 Å². The third kappa shape index (κ3) is 4.59. The van der Waals surface area contributed by atoms with E-state index in [0.29, 0.717) is 0 Å². The van der Waals surface area contributed by atoms with E-state index in [9.17, 15) is 14.4 Å². The molecule has 0 aromatic rings. The monoisotopic (exact) mass is 201 g/mol. The van der Waals surface area contributed by atoms with Crippen molar-refractivity contribution in [1.29, 1.82) is 0 Å². The number of nitrogens with one attached hydrogen (secondary N) is 1. The number of piperidine rings is 1. The number of carbonyl (C=O) groups excluding carboxylic acids is 2. The summed E-state index contributed by atoms with van der Waals surface area (Å²) >= 11 is 0. The summed E-state index contributed by atoms with van der Waals surface area (Å²) in [6, 6.07) is 0. The number of carboxylic acid groups (broad SMARTS) is 1. The number of carboxylic acids is 1. The van der Waals surface area contributed by atoms with Gasteiger partial charge in [0.25, 0.3) is 0 Å². The zero-order valence-electron chi connectivity index (χ0n) is 8.37. The van der Waals surface area contributed by atoms with Crippen LogP contribution >= 0.6 is 0 Å². The predicted molar refractivity (Wildman–Crippen MR) is 49.5 cm³/mol. The molecule has 1 aliphatic heterocycles. The molecule has 1 fully saturated rings. The molecular formula is C9H15NO4. The molecule has 0 aromatic carbocycles. The Bertz CT molecular complexity index is 218. The van der Waals surface area contributed by atoms with Gasteiger partial charge in [0.05, 0.1) is 0 Å². The maximum Gasteiger partial charge on any atom is 0.303 e. The molecule has 2 N–H and O–H groups in total. The second-order valence-electron chi connectivity index (χ2n) is 2.84. The highest BCUT2D eigenvalue weighted by Crippen LogP contribution is 2.16. The van der Waals surface area contributed by atoms with Crippen molar-refractivity contribution in [2.24, 2.45) is 5.92 Å². The fraction of sp³-hybridized carbons (Fsp3) is 0.667. The van der Waals surface area contributed by atoms with Gasteiger partial charge in [-0.2, -0.15) is 0 Å². The van der Waals surface area contributed by atoms with E-state index in [4.69, 9.17) is 5.11 Å². The number of rotatable bonds is 2. The first-order valence-electron chi connectivity index (χ1n) is 4.62. The Labute approximate surface area is 82.5 Å². The smallest absolute Gasteiger partial charge is 0.303 e. The van der Waals surface area contributed by atoms with Crippen LogP contribution in [0, 0.1) is 5.92 Å². The maximum atomic E-state index is 10.7. The van der Waals surface area contributed by atoms with Gasteiger partial charge in [0.1, 0.15) is 0 Å². The van der Waals surface area contributed by atoms with Gasteiger partial charge in [0, 0.05) is 19.3 Å². The highest BCUT2D eigenvalue weighted by molar-refractivity contribution is 5.98. The van der Waals surface area contributed by atoms with Gasteiger partial charge in [-0.3, -0.25) is 19.7 Å². The van der Waals surface area contributed by atoms with Crippen molar-refractivity contribution in [2.45, 2.75) is 33.1 Å². The average Bonchev–Trinajstić information content (AvgIpc) is 2.04. The summed E-state index contributed by atoms with van der Waals surface area (Å²) in [5.41, 5.74) is 0. The molecule has 1 saturated heterocycles. The Kier molecular flexibility index (Phi) is 5.52. The van der Waals surface area contributed by atoms with E-state index in [0.717, 1.165) is 0 Å². The Hall–Kier alpha value is -1.39. The second-order valence-corrected chi connectivity index (χ2v) is 2.84. The van der Waals surface area contributed by atoms with Crippen LogP contribution in [0.1, 0.15) is 33.1 Å². The topological polar surface area (TPSA) is 83.5 Å². The van der Waals surface area contributed by atoms with E-state index in [-0.39, 0.29) is 37.0 Å². The van der Waals surface area contributed by atoms with Crippen molar-refractivity contribution >= 4 is 17.8 Å². The molecule has 5 nitrogen and oxygen atoms in total. The number of hydrogen-bond acceptors (Lipinski definition) is 3. The molecule has 0 aliphatic carbocycles. The number of amides is 2. The van der Waals surface area contributed by atoms with Crippen molar-refractivity contribution in [3.8, 4) is 0 Å². The molecule has 2 amide bonds. The summed E-state index contributed by atoms with van der Waals surface area (Å²) in [7, 11) is 0. The molecule has 1 heterocycles. The van der Waals surface area contributed by atoms with Gasteiger partial charge in [-0.25, -0.2) is 0 Å². The van der Waals surface area contributed by atoms with Gasteiger partial charge in [-0.05, 0) is 5.92 Å². The third-order valence-corrected chi connectivity index (χ3v) is 1.69. The summed E-state index contributed by atoms with van der Waals surface area (Å²) < 4.78 is 0. The van der Waals surface area contributed by atoms with Crippen LogP contribution in [0.25, 0.3) is 0 Å². The lowest BCUT2D eigenvalue weighted by Crippen LogP contribution is -2.39. The molecule has 0 bridgehead atoms. The molecule has 5 heteroatoms. The maximum absolute atomic E-state index is 10.7. The minimum atomic E-state index is -0.970. The van der Waals surface area contributed by atoms with Crippen LogP contribution in [-0.4, -0.2) is 22.9 Å². The van der Waals surface area contributed by atoms with E-state index < -0.39 is 5.97 Å². The van der Waals surface area contributed by atoms with Crippen molar-refractivity contribution in [3.05, 3.63) is 0 Å². The van der Waals surface area contributed by atoms with E-state index in [1.807, 2.05) is 13.8 Å². The first kappa shape index (κ1) is 12.6. The van der Waals surface area contributed by atoms with Crippen molar-refractivity contribution in [2.75, 3.05) is 0 Å². The summed E-state index contributed by atoms with van der Waals surface area (Å²) in [5.74, 6) is -2.05. The second kappa shape index (κ2) is 6.12. The Morgan fingerprint density at radius 1 is 1.36 bits per heavy atom. The molecule has 0 spiro atoms. The molecule has 0 atom stereocenters. The fourth-order valence-corrected chi connectivity index (χ4v) is 1.25. The Morgan fingerprint density at radius 3 is 2.14 bits per heavy atom. The molecular weight excluding hydrogens is 186 g/mol. The van der Waals surface area contributed by atoms with E-state index >= 15 is 0 Å².